The van der Waals surface area contributed by atoms with Gasteiger partial charge in [-0.1, -0.05) is 54.1 Å². The maximum absolute atomic E-state index is 12.8. The molecule has 1 N–H and O–H groups in total. The van der Waals surface area contributed by atoms with Crippen molar-refractivity contribution in [3.05, 3.63) is 124 Å². The smallest absolute Gasteiger partial charge is 0.343 e. The molecule has 192 valence electrons. The largest absolute Gasteiger partial charge is 0.490 e. The van der Waals surface area contributed by atoms with Gasteiger partial charge in [-0.15, -0.1) is 0 Å². The molecule has 38 heavy (non-hydrogen) atoms. The van der Waals surface area contributed by atoms with Crippen LogP contribution in [0.25, 0.3) is 0 Å². The number of para-hydroxylation sites is 1. The van der Waals surface area contributed by atoms with Crippen LogP contribution in [0.3, 0.4) is 0 Å². The molecule has 4 rings (SSSR count). The van der Waals surface area contributed by atoms with E-state index in [1.807, 2.05) is 25.1 Å². The normalized spacial score (nSPS) is 10.7. The van der Waals surface area contributed by atoms with Gasteiger partial charge in [0.2, 0.25) is 0 Å². The molecule has 0 fully saturated rings. The maximum atomic E-state index is 12.8. The Kier molecular flexibility index (Phi) is 9.10. The zero-order valence-electron chi connectivity index (χ0n) is 20.6. The summed E-state index contributed by atoms with van der Waals surface area (Å²) in [5, 5.41) is 4.71. The van der Waals surface area contributed by atoms with Crippen molar-refractivity contribution in [1.29, 1.82) is 0 Å². The topological polar surface area (TPSA) is 86.2 Å². The summed E-state index contributed by atoms with van der Waals surface area (Å²) in [6.45, 7) is 2.49. The number of hydrogen-bond acceptors (Lipinski definition) is 6. The molecule has 1 amide bonds. The van der Waals surface area contributed by atoms with Gasteiger partial charge in [0, 0.05) is 5.02 Å². The minimum Gasteiger partial charge on any atom is -0.490 e. The highest BCUT2D eigenvalue weighted by molar-refractivity contribution is 6.30. The number of rotatable bonds is 10. The van der Waals surface area contributed by atoms with Gasteiger partial charge in [0.25, 0.3) is 5.91 Å². The number of ether oxygens (including phenoxy) is 3. The van der Waals surface area contributed by atoms with Gasteiger partial charge >= 0.3 is 5.97 Å². The Morgan fingerprint density at radius 3 is 2.34 bits per heavy atom. The van der Waals surface area contributed by atoms with Gasteiger partial charge in [-0.25, -0.2) is 10.2 Å². The zero-order chi connectivity index (χ0) is 26.7. The standard InChI is InChI=1S/C30H25ClN2O5/c1-2-36-28-18-22(14-17-27(28)38-30(35)23-8-4-3-5-9-23)19-32-33-29(34)25-10-6-7-11-26(25)37-20-21-12-15-24(31)16-13-21/h3-19H,2,20H2,1H3,(H,33,34)/b32-19+. The first-order chi connectivity index (χ1) is 18.5. The van der Waals surface area contributed by atoms with Crippen molar-refractivity contribution in [2.24, 2.45) is 5.10 Å². The first-order valence-electron chi connectivity index (χ1n) is 11.9. The Labute approximate surface area is 225 Å². The Bertz CT molecular complexity index is 1420. The summed E-state index contributed by atoms with van der Waals surface area (Å²) < 4.78 is 17.0. The van der Waals surface area contributed by atoms with Crippen LogP contribution in [0.15, 0.2) is 102 Å². The van der Waals surface area contributed by atoms with Crippen molar-refractivity contribution in [2.75, 3.05) is 6.61 Å². The van der Waals surface area contributed by atoms with E-state index in [0.717, 1.165) is 5.56 Å². The first kappa shape index (κ1) is 26.4. The van der Waals surface area contributed by atoms with Gasteiger partial charge in [-0.2, -0.15) is 5.10 Å². The lowest BCUT2D eigenvalue weighted by Gasteiger charge is -2.11. The Morgan fingerprint density at radius 1 is 0.842 bits per heavy atom. The second-order valence-electron chi connectivity index (χ2n) is 8.01. The second kappa shape index (κ2) is 13.1. The fourth-order valence-electron chi connectivity index (χ4n) is 3.44. The van der Waals surface area contributed by atoms with E-state index in [-0.39, 0.29) is 12.4 Å². The molecule has 0 unspecified atom stereocenters. The van der Waals surface area contributed by atoms with Crippen LogP contribution < -0.4 is 19.6 Å². The Balaban J connectivity index is 1.41. The summed E-state index contributed by atoms with van der Waals surface area (Å²) in [4.78, 5) is 25.2. The van der Waals surface area contributed by atoms with Gasteiger partial charge in [0.15, 0.2) is 11.5 Å². The number of hydrogen-bond donors (Lipinski definition) is 1. The minimum absolute atomic E-state index is 0.284. The lowest BCUT2D eigenvalue weighted by atomic mass is 10.2. The number of hydrazone groups is 1. The molecule has 7 nitrogen and oxygen atoms in total. The number of carbonyl (C=O) groups excluding carboxylic acids is 2. The summed E-state index contributed by atoms with van der Waals surface area (Å²) in [5.41, 5.74) is 4.86. The van der Waals surface area contributed by atoms with Crippen LogP contribution in [0.4, 0.5) is 0 Å². The van der Waals surface area contributed by atoms with E-state index in [1.165, 1.54) is 6.21 Å². The molecule has 0 bridgehead atoms. The molecule has 0 saturated heterocycles. The predicted octanol–water partition coefficient (Wildman–Crippen LogP) is 6.30. The van der Waals surface area contributed by atoms with Crippen molar-refractivity contribution >= 4 is 29.7 Å². The zero-order valence-corrected chi connectivity index (χ0v) is 21.4. The van der Waals surface area contributed by atoms with Crippen LogP contribution >= 0.6 is 11.6 Å². The highest BCUT2D eigenvalue weighted by Gasteiger charge is 2.14. The molecule has 0 radical (unpaired) electrons. The number of nitrogens with one attached hydrogen (secondary N) is 1. The molecule has 0 atom stereocenters. The second-order valence-corrected chi connectivity index (χ2v) is 8.44. The van der Waals surface area contributed by atoms with Gasteiger partial charge < -0.3 is 14.2 Å². The molecule has 4 aromatic rings. The van der Waals surface area contributed by atoms with Crippen molar-refractivity contribution < 1.29 is 23.8 Å². The van der Waals surface area contributed by atoms with Crippen LogP contribution in [-0.2, 0) is 6.61 Å². The van der Waals surface area contributed by atoms with Crippen molar-refractivity contribution in [1.82, 2.24) is 5.43 Å². The fraction of sp³-hybridized carbons (Fsp3) is 0.100. The lowest BCUT2D eigenvalue weighted by Crippen LogP contribution is -2.18. The maximum Gasteiger partial charge on any atom is 0.343 e. The monoisotopic (exact) mass is 528 g/mol. The SMILES string of the molecule is CCOc1cc(/C=N/NC(=O)c2ccccc2OCc2ccc(Cl)cc2)ccc1OC(=O)c1ccccc1. The van der Waals surface area contributed by atoms with Crippen LogP contribution in [0.5, 0.6) is 17.2 Å². The molecular weight excluding hydrogens is 504 g/mol. The van der Waals surface area contributed by atoms with E-state index in [4.69, 9.17) is 25.8 Å². The molecule has 0 spiro atoms. The Morgan fingerprint density at radius 2 is 1.58 bits per heavy atom. The van der Waals surface area contributed by atoms with Gasteiger partial charge in [0.05, 0.1) is 23.9 Å². The fourth-order valence-corrected chi connectivity index (χ4v) is 3.56. The number of amides is 1. The summed E-state index contributed by atoms with van der Waals surface area (Å²) in [5.74, 6) is 0.184. The molecule has 0 aliphatic heterocycles. The van der Waals surface area contributed by atoms with Crippen LogP contribution in [0.1, 0.15) is 38.8 Å². The first-order valence-corrected chi connectivity index (χ1v) is 12.2. The third-order valence-corrected chi connectivity index (χ3v) is 5.55. The molecule has 0 aromatic heterocycles. The minimum atomic E-state index is -0.489. The number of halogens is 1. The van der Waals surface area contributed by atoms with Gasteiger partial charge in [-0.3, -0.25) is 4.79 Å². The molecule has 8 heteroatoms. The Hall–Kier alpha value is -4.62. The van der Waals surface area contributed by atoms with E-state index in [1.54, 1.807) is 78.9 Å². The quantitative estimate of drug-likeness (QED) is 0.113. The summed E-state index contributed by atoms with van der Waals surface area (Å²) >= 11 is 5.93. The van der Waals surface area contributed by atoms with Crippen molar-refractivity contribution in [3.63, 3.8) is 0 Å². The third kappa shape index (κ3) is 7.21. The van der Waals surface area contributed by atoms with Gasteiger partial charge in [0.1, 0.15) is 12.4 Å². The third-order valence-electron chi connectivity index (χ3n) is 5.30. The number of carbonyl (C=O) groups is 2. The highest BCUT2D eigenvalue weighted by atomic mass is 35.5. The van der Waals surface area contributed by atoms with Gasteiger partial charge in [-0.05, 0) is 72.6 Å². The number of nitrogens with zero attached hydrogens (tertiary/aromatic N) is 1. The van der Waals surface area contributed by atoms with E-state index >= 15 is 0 Å². The van der Waals surface area contributed by atoms with Crippen LogP contribution in [0, 0.1) is 0 Å². The molecule has 0 saturated carbocycles. The average Bonchev–Trinajstić information content (AvgIpc) is 2.94. The van der Waals surface area contributed by atoms with Crippen LogP contribution in [0.2, 0.25) is 5.02 Å². The molecular formula is C30H25ClN2O5. The average molecular weight is 529 g/mol. The highest BCUT2D eigenvalue weighted by Crippen LogP contribution is 2.29. The molecule has 0 aliphatic carbocycles. The van der Waals surface area contributed by atoms with E-state index in [0.29, 0.717) is 39.8 Å². The van der Waals surface area contributed by atoms with Crippen LogP contribution in [-0.4, -0.2) is 24.7 Å². The summed E-state index contributed by atoms with van der Waals surface area (Å²) in [6.07, 6.45) is 1.47. The molecule has 0 aliphatic rings. The summed E-state index contributed by atoms with van der Waals surface area (Å²) in [6, 6.07) is 27.9. The van der Waals surface area contributed by atoms with Crippen molar-refractivity contribution in [2.45, 2.75) is 13.5 Å². The predicted molar refractivity (Wildman–Crippen MR) is 146 cm³/mol. The van der Waals surface area contributed by atoms with E-state index in [9.17, 15) is 9.59 Å². The molecule has 0 heterocycles. The van der Waals surface area contributed by atoms with E-state index in [2.05, 4.69) is 10.5 Å². The van der Waals surface area contributed by atoms with E-state index < -0.39 is 11.9 Å². The molecule has 4 aromatic carbocycles. The number of esters is 1. The lowest BCUT2D eigenvalue weighted by molar-refractivity contribution is 0.0728. The number of benzene rings is 4. The van der Waals surface area contributed by atoms with Crippen molar-refractivity contribution in [3.8, 4) is 17.2 Å². The summed E-state index contributed by atoms with van der Waals surface area (Å²) in [7, 11) is 0.